The molecule has 0 spiro atoms. The first-order chi connectivity index (χ1) is 33.3. The molecule has 0 aliphatic carbocycles. The molecule has 8 aromatic rings. The number of hydrogen-bond acceptors (Lipinski definition) is 3. The Morgan fingerprint density at radius 3 is 2.03 bits per heavy atom. The van der Waals surface area contributed by atoms with Crippen LogP contribution in [-0.2, 0) is 37.3 Å². The number of fused-ring (bicyclic) bond motifs is 1. The molecule has 8 rings (SSSR count). The van der Waals surface area contributed by atoms with Crippen LogP contribution in [0.25, 0.3) is 72.7 Å². The molecule has 0 aliphatic heterocycles. The summed E-state index contributed by atoms with van der Waals surface area (Å²) in [5.74, 6) is -0.194. The van der Waals surface area contributed by atoms with Crippen molar-refractivity contribution in [2.75, 3.05) is 0 Å². The number of aromatic hydroxyl groups is 1. The van der Waals surface area contributed by atoms with Crippen molar-refractivity contribution in [3.8, 4) is 67.5 Å². The predicted molar refractivity (Wildman–Crippen MR) is 261 cm³/mol. The smallest absolute Gasteiger partial charge is 0.148 e. The molecule has 0 aliphatic rings. The number of phenols is 1. The zero-order chi connectivity index (χ0) is 52.7. The molecule has 0 saturated heterocycles. The van der Waals surface area contributed by atoms with Crippen LogP contribution < -0.4 is 0 Å². The van der Waals surface area contributed by atoms with Crippen molar-refractivity contribution in [3.05, 3.63) is 167 Å². The molecular formula is C58H60N3OPt-. The SMILES string of the molecule is [2H]C(C)(C)c1ccc(-n2c(-c3cc(C)cc(C(C)(C)C)c3O)nc3c(-c4[c-]c(-c5cc(-c6ccc(C(C([2H])([2H])[2H])(C([2H])([2H])[2H])C([2H])([2H])[2H])cc6)ccn5)cc(C(C)(C)C)c4)cccc32)c(-c2ccccc2)c1.[Pt]. The maximum atomic E-state index is 12.3. The van der Waals surface area contributed by atoms with Crippen molar-refractivity contribution in [1.82, 2.24) is 14.5 Å². The number of phenolic OH excluding ortho intramolecular Hbond substituents is 1. The zero-order valence-electron chi connectivity index (χ0n) is 47.3. The van der Waals surface area contributed by atoms with Crippen molar-refractivity contribution < 1.29 is 39.9 Å². The number of nitrogens with zero attached hydrogens (tertiary/aromatic N) is 3. The second kappa shape index (κ2) is 17.2. The average molecular weight is 1020 g/mol. The van der Waals surface area contributed by atoms with E-state index in [0.717, 1.165) is 55.7 Å². The molecule has 0 saturated carbocycles. The third-order valence-electron chi connectivity index (χ3n) is 11.6. The van der Waals surface area contributed by atoms with Crippen molar-refractivity contribution in [3.63, 3.8) is 0 Å². The molecule has 0 bridgehead atoms. The van der Waals surface area contributed by atoms with Gasteiger partial charge in [0.2, 0.25) is 0 Å². The van der Waals surface area contributed by atoms with Gasteiger partial charge in [-0.1, -0.05) is 172 Å². The van der Waals surface area contributed by atoms with Gasteiger partial charge in [0.25, 0.3) is 0 Å². The standard InChI is InChI=1S/C58H60N3O.Pt/c1-36(2)40-23-26-51(47(34-40)39-17-14-13-15-18-39)61-52-20-16-19-46(53(52)60-55(61)48-29-37(3)30-49(54(48)62)58(10,11)12)42-31-43(33-45(32-42)57(7,8)9)50-35-41(27-28-59-50)38-21-24-44(25-22-38)56(4,5)6;/h13-30,32-36,62H,1-12H3;/q-1;/i4D3,5D3,6D3,36D;. The van der Waals surface area contributed by atoms with Gasteiger partial charge < -0.3 is 5.11 Å². The second-order valence-electron chi connectivity index (χ2n) is 18.7. The number of hydrogen-bond donors (Lipinski definition) is 1. The number of aryl methyl sites for hydroxylation is 1. The molecule has 1 N–H and O–H groups in total. The molecular weight excluding hydrogens is 950 g/mol. The quantitative estimate of drug-likeness (QED) is 0.162. The van der Waals surface area contributed by atoms with Crippen LogP contribution in [0.4, 0.5) is 0 Å². The van der Waals surface area contributed by atoms with E-state index in [2.05, 4.69) is 82.5 Å². The third-order valence-corrected chi connectivity index (χ3v) is 11.6. The van der Waals surface area contributed by atoms with E-state index in [1.54, 1.807) is 24.4 Å². The molecule has 0 fully saturated rings. The first kappa shape index (κ1) is 33.9. The van der Waals surface area contributed by atoms with Crippen LogP contribution in [-0.4, -0.2) is 19.6 Å². The molecule has 4 nitrogen and oxygen atoms in total. The third kappa shape index (κ3) is 9.11. The van der Waals surface area contributed by atoms with Crippen molar-refractivity contribution in [1.29, 1.82) is 0 Å². The minimum atomic E-state index is -3.38. The molecule has 2 aromatic heterocycles. The van der Waals surface area contributed by atoms with E-state index in [1.165, 1.54) is 12.1 Å². The van der Waals surface area contributed by atoms with Crippen LogP contribution in [0.2, 0.25) is 0 Å². The van der Waals surface area contributed by atoms with E-state index in [0.29, 0.717) is 39.3 Å². The average Bonchev–Trinajstić information content (AvgIpc) is 3.67. The Morgan fingerprint density at radius 2 is 1.37 bits per heavy atom. The Kier molecular flexibility index (Phi) is 9.25. The van der Waals surface area contributed by atoms with E-state index in [-0.39, 0.29) is 43.2 Å². The molecule has 5 heteroatoms. The van der Waals surface area contributed by atoms with Gasteiger partial charge in [-0.05, 0) is 92.8 Å². The van der Waals surface area contributed by atoms with Crippen molar-refractivity contribution in [2.24, 2.45) is 0 Å². The minimum Gasteiger partial charge on any atom is -0.507 e. The van der Waals surface area contributed by atoms with Crippen molar-refractivity contribution in [2.45, 2.75) is 105 Å². The van der Waals surface area contributed by atoms with Gasteiger partial charge in [-0.3, -0.25) is 9.55 Å². The van der Waals surface area contributed by atoms with Crippen LogP contribution in [0, 0.1) is 13.0 Å². The predicted octanol–water partition coefficient (Wildman–Crippen LogP) is 15.6. The summed E-state index contributed by atoms with van der Waals surface area (Å²) in [7, 11) is 0. The summed E-state index contributed by atoms with van der Waals surface area (Å²) in [6.45, 7) is 8.28. The number of rotatable bonds is 7. The molecule has 0 unspecified atom stereocenters. The van der Waals surface area contributed by atoms with Crippen molar-refractivity contribution >= 4 is 11.0 Å². The Bertz CT molecular complexity index is 3300. The maximum Gasteiger partial charge on any atom is 0.148 e. The second-order valence-corrected chi connectivity index (χ2v) is 18.7. The molecule has 324 valence electrons. The molecule has 2 heterocycles. The van der Waals surface area contributed by atoms with E-state index in [1.807, 2.05) is 87.5 Å². The molecule has 63 heavy (non-hydrogen) atoms. The minimum absolute atomic E-state index is 0. The monoisotopic (exact) mass is 1020 g/mol. The summed E-state index contributed by atoms with van der Waals surface area (Å²) in [4.78, 5) is 10.3. The van der Waals surface area contributed by atoms with Gasteiger partial charge in [0, 0.05) is 57.8 Å². The summed E-state index contributed by atoms with van der Waals surface area (Å²) in [6.07, 6.45) is 1.65. The van der Waals surface area contributed by atoms with Gasteiger partial charge >= 0.3 is 0 Å². The zero-order valence-corrected chi connectivity index (χ0v) is 39.6. The molecule has 0 amide bonds. The van der Waals surface area contributed by atoms with Crippen LogP contribution in [0.3, 0.4) is 0 Å². The molecule has 6 aromatic carbocycles. The Balaban J connectivity index is 0.00000780. The first-order valence-corrected chi connectivity index (χ1v) is 21.0. The van der Waals surface area contributed by atoms with E-state index < -0.39 is 31.9 Å². The molecule has 0 atom stereocenters. The first-order valence-electron chi connectivity index (χ1n) is 26.0. The summed E-state index contributed by atoms with van der Waals surface area (Å²) in [6, 6.07) is 43.4. The largest absolute Gasteiger partial charge is 0.507 e. The normalized spacial score (nSPS) is 15.3. The van der Waals surface area contributed by atoms with Crippen LogP contribution in [0.15, 0.2) is 134 Å². The van der Waals surface area contributed by atoms with Crippen LogP contribution in [0.1, 0.15) is 123 Å². The van der Waals surface area contributed by atoms with Gasteiger partial charge in [-0.2, -0.15) is 0 Å². The fraction of sp³-hybridized carbons (Fsp3) is 0.276. The van der Waals surface area contributed by atoms with Gasteiger partial charge in [-0.15, -0.1) is 29.3 Å². The topological polar surface area (TPSA) is 50.9 Å². The van der Waals surface area contributed by atoms with Gasteiger partial charge in [-0.25, -0.2) is 4.98 Å². The summed E-state index contributed by atoms with van der Waals surface area (Å²) < 4.78 is 84.9. The van der Waals surface area contributed by atoms with E-state index in [4.69, 9.17) is 23.7 Å². The van der Waals surface area contributed by atoms with Gasteiger partial charge in [0.15, 0.2) is 0 Å². The molecule has 0 radical (unpaired) electrons. The Hall–Kier alpha value is -5.57. The fourth-order valence-corrected chi connectivity index (χ4v) is 8.11. The van der Waals surface area contributed by atoms with Gasteiger partial charge in [0.1, 0.15) is 11.6 Å². The van der Waals surface area contributed by atoms with E-state index in [9.17, 15) is 5.11 Å². The van der Waals surface area contributed by atoms with E-state index >= 15 is 0 Å². The summed E-state index contributed by atoms with van der Waals surface area (Å²) >= 11 is 0. The van der Waals surface area contributed by atoms with Crippen LogP contribution >= 0.6 is 0 Å². The Labute approximate surface area is 403 Å². The fourth-order valence-electron chi connectivity index (χ4n) is 8.11. The Morgan fingerprint density at radius 1 is 0.651 bits per heavy atom. The van der Waals surface area contributed by atoms with Crippen LogP contribution in [0.5, 0.6) is 5.75 Å². The number of aromatic nitrogens is 3. The number of para-hydroxylation sites is 1. The summed E-state index contributed by atoms with van der Waals surface area (Å²) in [5, 5.41) is 12.3. The number of benzene rings is 6. The maximum absolute atomic E-state index is 12.3. The number of imidazole rings is 1. The number of pyridine rings is 1. The van der Waals surface area contributed by atoms with Gasteiger partial charge in [0.05, 0.1) is 22.3 Å². The summed E-state index contributed by atoms with van der Waals surface area (Å²) in [5.41, 5.74) is 8.26.